The molecule has 0 spiro atoms. The highest BCUT2D eigenvalue weighted by molar-refractivity contribution is 6.37. The fourth-order valence-electron chi connectivity index (χ4n) is 4.97. The molecule has 0 aromatic heterocycles. The van der Waals surface area contributed by atoms with E-state index in [2.05, 4.69) is 4.90 Å². The molecule has 3 aliphatic heterocycles. The minimum absolute atomic E-state index is 0.0704. The third kappa shape index (κ3) is 3.49. The van der Waals surface area contributed by atoms with Gasteiger partial charge in [0.2, 0.25) is 5.91 Å². The van der Waals surface area contributed by atoms with Gasteiger partial charge in [0.25, 0.3) is 11.8 Å². The largest absolute Gasteiger partial charge is 0.370 e. The van der Waals surface area contributed by atoms with Gasteiger partial charge in [-0.15, -0.1) is 0 Å². The minimum Gasteiger partial charge on any atom is -0.370 e. The lowest BCUT2D eigenvalue weighted by atomic mass is 9.95. The highest BCUT2D eigenvalue weighted by Gasteiger charge is 2.40. The Morgan fingerprint density at radius 3 is 2.48 bits per heavy atom. The Hall–Kier alpha value is -2.86. The van der Waals surface area contributed by atoms with E-state index < -0.39 is 0 Å². The van der Waals surface area contributed by atoms with Gasteiger partial charge in [0.15, 0.2) is 0 Å². The topological polar surface area (TPSA) is 60.9 Å². The number of amides is 3. The molecule has 2 saturated heterocycles. The van der Waals surface area contributed by atoms with Gasteiger partial charge in [-0.1, -0.05) is 23.7 Å². The lowest BCUT2D eigenvalue weighted by Crippen LogP contribution is -2.44. The first-order chi connectivity index (χ1) is 15.0. The molecular weight excluding hydrogens is 414 g/mol. The second kappa shape index (κ2) is 8.00. The predicted octanol–water partition coefficient (Wildman–Crippen LogP) is 3.98. The number of halogens is 1. The van der Waals surface area contributed by atoms with Gasteiger partial charge in [0.05, 0.1) is 28.4 Å². The number of imide groups is 1. The maximum atomic E-state index is 13.4. The fourth-order valence-corrected chi connectivity index (χ4v) is 5.16. The summed E-state index contributed by atoms with van der Waals surface area (Å²) in [5, 5.41) is 0.466. The van der Waals surface area contributed by atoms with E-state index in [1.807, 2.05) is 17.0 Å². The van der Waals surface area contributed by atoms with Crippen LogP contribution in [0.5, 0.6) is 0 Å². The number of hydrogen-bond acceptors (Lipinski definition) is 4. The Morgan fingerprint density at radius 2 is 1.71 bits per heavy atom. The summed E-state index contributed by atoms with van der Waals surface area (Å²) in [5.74, 6) is -0.534. The van der Waals surface area contributed by atoms with E-state index in [1.165, 1.54) is 4.90 Å². The Labute approximate surface area is 186 Å². The van der Waals surface area contributed by atoms with Crippen LogP contribution in [0.1, 0.15) is 46.4 Å². The van der Waals surface area contributed by atoms with Crippen molar-refractivity contribution in [3.05, 3.63) is 58.6 Å². The van der Waals surface area contributed by atoms with Crippen LogP contribution in [0.15, 0.2) is 42.5 Å². The van der Waals surface area contributed by atoms with Crippen molar-refractivity contribution in [2.24, 2.45) is 5.92 Å². The van der Waals surface area contributed by atoms with Crippen molar-refractivity contribution in [1.29, 1.82) is 0 Å². The molecule has 160 valence electrons. The number of nitrogens with zero attached hydrogens (tertiary/aromatic N) is 3. The van der Waals surface area contributed by atoms with Gasteiger partial charge in [-0.05, 0) is 56.0 Å². The van der Waals surface area contributed by atoms with Crippen LogP contribution in [0, 0.1) is 5.92 Å². The second-order valence-electron chi connectivity index (χ2n) is 8.44. The molecule has 31 heavy (non-hydrogen) atoms. The molecule has 3 heterocycles. The quantitative estimate of drug-likeness (QED) is 0.681. The van der Waals surface area contributed by atoms with E-state index in [0.717, 1.165) is 51.0 Å². The highest BCUT2D eigenvalue weighted by atomic mass is 35.5. The second-order valence-corrected chi connectivity index (χ2v) is 8.88. The van der Waals surface area contributed by atoms with Crippen molar-refractivity contribution >= 4 is 40.7 Å². The Bertz CT molecular complexity index is 1060. The molecule has 1 atom stereocenters. The van der Waals surface area contributed by atoms with E-state index in [-0.39, 0.29) is 23.6 Å². The molecule has 0 N–H and O–H groups in total. The summed E-state index contributed by atoms with van der Waals surface area (Å²) in [4.78, 5) is 44.7. The average Bonchev–Trinajstić information content (AvgIpc) is 3.41. The van der Waals surface area contributed by atoms with Gasteiger partial charge < -0.3 is 9.80 Å². The average molecular weight is 438 g/mol. The number of hydrogen-bond donors (Lipinski definition) is 0. The molecule has 2 fully saturated rings. The molecule has 3 aliphatic rings. The molecule has 0 unspecified atom stereocenters. The molecular formula is C24H24ClN3O3. The van der Waals surface area contributed by atoms with Crippen LogP contribution in [0.3, 0.4) is 0 Å². The zero-order chi connectivity index (χ0) is 21.5. The van der Waals surface area contributed by atoms with Gasteiger partial charge >= 0.3 is 0 Å². The van der Waals surface area contributed by atoms with Crippen LogP contribution in [-0.2, 0) is 4.79 Å². The molecule has 2 aromatic carbocycles. The smallest absolute Gasteiger partial charge is 0.268 e. The first-order valence-corrected chi connectivity index (χ1v) is 11.2. The highest BCUT2D eigenvalue weighted by Crippen LogP contribution is 2.37. The van der Waals surface area contributed by atoms with E-state index in [1.54, 1.807) is 30.3 Å². The van der Waals surface area contributed by atoms with E-state index in [9.17, 15) is 14.4 Å². The van der Waals surface area contributed by atoms with Gasteiger partial charge in [0.1, 0.15) is 0 Å². The summed E-state index contributed by atoms with van der Waals surface area (Å²) in [6.45, 7) is 3.03. The van der Waals surface area contributed by atoms with Gasteiger partial charge in [0, 0.05) is 31.2 Å². The zero-order valence-corrected chi connectivity index (χ0v) is 18.0. The van der Waals surface area contributed by atoms with Crippen LogP contribution in [-0.4, -0.2) is 48.8 Å². The Kier molecular flexibility index (Phi) is 5.18. The SMILES string of the molecule is O=C([C@@H]1CCCN(c2cccc3c2C(=O)N(c2cccc(Cl)c2)C3=O)C1)N1CCCC1. The molecule has 6 nitrogen and oxygen atoms in total. The first-order valence-electron chi connectivity index (χ1n) is 10.9. The lowest BCUT2D eigenvalue weighted by Gasteiger charge is -2.36. The molecule has 0 saturated carbocycles. The van der Waals surface area contributed by atoms with Gasteiger partial charge in [-0.2, -0.15) is 0 Å². The van der Waals surface area contributed by atoms with Crippen molar-refractivity contribution in [2.45, 2.75) is 25.7 Å². The lowest BCUT2D eigenvalue weighted by molar-refractivity contribution is -0.134. The maximum Gasteiger partial charge on any atom is 0.268 e. The van der Waals surface area contributed by atoms with Gasteiger partial charge in [-0.25, -0.2) is 4.90 Å². The van der Waals surface area contributed by atoms with E-state index in [0.29, 0.717) is 28.4 Å². The predicted molar refractivity (Wildman–Crippen MR) is 120 cm³/mol. The number of benzene rings is 2. The summed E-state index contributed by atoms with van der Waals surface area (Å²) in [7, 11) is 0. The van der Waals surface area contributed by atoms with Crippen LogP contribution < -0.4 is 9.80 Å². The van der Waals surface area contributed by atoms with Crippen molar-refractivity contribution in [3.8, 4) is 0 Å². The van der Waals surface area contributed by atoms with Crippen LogP contribution in [0.2, 0.25) is 5.02 Å². The molecule has 2 aromatic rings. The third-order valence-corrected chi connectivity index (χ3v) is 6.72. The standard InChI is InChI=1S/C24H24ClN3O3/c25-17-7-3-8-18(14-17)28-23(30)19-9-4-10-20(21(19)24(28)31)27-13-5-6-16(15-27)22(29)26-11-1-2-12-26/h3-4,7-10,14,16H,1-2,5-6,11-13,15H2/t16-/m1/s1. The molecule has 0 bridgehead atoms. The van der Waals surface area contributed by atoms with E-state index in [4.69, 9.17) is 11.6 Å². The molecule has 7 heteroatoms. The summed E-state index contributed by atoms with van der Waals surface area (Å²) < 4.78 is 0. The molecule has 0 radical (unpaired) electrons. The number of rotatable bonds is 3. The van der Waals surface area contributed by atoms with E-state index >= 15 is 0 Å². The fraction of sp³-hybridized carbons (Fsp3) is 0.375. The van der Waals surface area contributed by atoms with Crippen LogP contribution in [0.4, 0.5) is 11.4 Å². The van der Waals surface area contributed by atoms with Crippen LogP contribution >= 0.6 is 11.6 Å². The normalized spacial score (nSPS) is 21.1. The molecule has 3 amide bonds. The number of likely N-dealkylation sites (tertiary alicyclic amines) is 1. The maximum absolute atomic E-state index is 13.4. The summed E-state index contributed by atoms with van der Waals surface area (Å²) in [6.07, 6.45) is 3.89. The number of fused-ring (bicyclic) bond motifs is 1. The molecule has 5 rings (SSSR count). The summed E-state index contributed by atoms with van der Waals surface area (Å²) in [5.41, 5.74) is 2.02. The summed E-state index contributed by atoms with van der Waals surface area (Å²) in [6, 6.07) is 12.1. The van der Waals surface area contributed by atoms with Crippen molar-refractivity contribution in [2.75, 3.05) is 36.0 Å². The zero-order valence-electron chi connectivity index (χ0n) is 17.2. The van der Waals surface area contributed by atoms with Crippen molar-refractivity contribution in [3.63, 3.8) is 0 Å². The first kappa shape index (κ1) is 20.1. The number of anilines is 2. The number of carbonyl (C=O) groups is 3. The summed E-state index contributed by atoms with van der Waals surface area (Å²) >= 11 is 6.09. The monoisotopic (exact) mass is 437 g/mol. The van der Waals surface area contributed by atoms with Gasteiger partial charge in [-0.3, -0.25) is 14.4 Å². The number of carbonyl (C=O) groups excluding carboxylic acids is 3. The van der Waals surface area contributed by atoms with Crippen molar-refractivity contribution in [1.82, 2.24) is 4.90 Å². The van der Waals surface area contributed by atoms with Crippen LogP contribution in [0.25, 0.3) is 0 Å². The minimum atomic E-state index is -0.342. The Balaban J connectivity index is 1.45. The van der Waals surface area contributed by atoms with Crippen molar-refractivity contribution < 1.29 is 14.4 Å². The molecule has 0 aliphatic carbocycles. The number of piperidine rings is 1. The Morgan fingerprint density at radius 1 is 0.935 bits per heavy atom. The third-order valence-electron chi connectivity index (χ3n) is 6.49.